The predicted molar refractivity (Wildman–Crippen MR) is 70.7 cm³/mol. The lowest BCUT2D eigenvalue weighted by molar-refractivity contribution is 0.436. The summed E-state index contributed by atoms with van der Waals surface area (Å²) in [6, 6.07) is 3.83. The standard InChI is InChI=1S/C12H17N3S/c1-9-4-7-15(8-5-9)12-10(11(13)16)3-2-6-14-12/h2-3,6,9H,4-5,7-8H2,1H3,(H2,13,16). The number of hydrogen-bond donors (Lipinski definition) is 1. The number of nitrogens with zero attached hydrogens (tertiary/aromatic N) is 2. The number of rotatable bonds is 2. The zero-order valence-corrected chi connectivity index (χ0v) is 10.3. The number of aromatic nitrogens is 1. The summed E-state index contributed by atoms with van der Waals surface area (Å²) in [4.78, 5) is 7.13. The van der Waals surface area contributed by atoms with E-state index in [1.807, 2.05) is 12.1 Å². The minimum Gasteiger partial charge on any atom is -0.389 e. The molecule has 0 amide bonds. The molecule has 0 aliphatic carbocycles. The second-order valence-electron chi connectivity index (χ2n) is 4.41. The van der Waals surface area contributed by atoms with E-state index in [4.69, 9.17) is 18.0 Å². The van der Waals surface area contributed by atoms with Crippen LogP contribution < -0.4 is 10.6 Å². The van der Waals surface area contributed by atoms with E-state index in [0.717, 1.165) is 30.4 Å². The van der Waals surface area contributed by atoms with E-state index in [0.29, 0.717) is 4.99 Å². The first-order chi connectivity index (χ1) is 7.68. The van der Waals surface area contributed by atoms with E-state index in [9.17, 15) is 0 Å². The minimum absolute atomic E-state index is 0.432. The second-order valence-corrected chi connectivity index (χ2v) is 4.85. The van der Waals surface area contributed by atoms with Gasteiger partial charge in [0.1, 0.15) is 10.8 Å². The minimum atomic E-state index is 0.432. The first kappa shape index (κ1) is 11.3. The van der Waals surface area contributed by atoms with Crippen molar-refractivity contribution in [3.8, 4) is 0 Å². The SMILES string of the molecule is CC1CCN(c2ncccc2C(N)=S)CC1. The van der Waals surface area contributed by atoms with Crippen molar-refractivity contribution in [3.05, 3.63) is 23.9 Å². The first-order valence-electron chi connectivity index (χ1n) is 5.68. The molecule has 16 heavy (non-hydrogen) atoms. The van der Waals surface area contributed by atoms with Crippen LogP contribution in [0.4, 0.5) is 5.82 Å². The maximum absolute atomic E-state index is 5.71. The Hall–Kier alpha value is -1.16. The normalized spacial score (nSPS) is 17.4. The molecular weight excluding hydrogens is 218 g/mol. The van der Waals surface area contributed by atoms with Crippen LogP contribution in [0.3, 0.4) is 0 Å². The molecule has 1 aromatic heterocycles. The number of nitrogens with two attached hydrogens (primary N) is 1. The highest BCUT2D eigenvalue weighted by Crippen LogP contribution is 2.23. The molecule has 0 unspecified atom stereocenters. The molecule has 0 atom stereocenters. The smallest absolute Gasteiger partial charge is 0.138 e. The Balaban J connectivity index is 2.23. The predicted octanol–water partition coefficient (Wildman–Crippen LogP) is 1.95. The van der Waals surface area contributed by atoms with Gasteiger partial charge in [0.15, 0.2) is 0 Å². The fourth-order valence-electron chi connectivity index (χ4n) is 2.06. The lowest BCUT2D eigenvalue weighted by Crippen LogP contribution is -2.34. The molecule has 1 fully saturated rings. The molecule has 3 nitrogen and oxygen atoms in total. The molecule has 0 spiro atoms. The average molecular weight is 235 g/mol. The molecule has 2 N–H and O–H groups in total. The highest BCUT2D eigenvalue weighted by Gasteiger charge is 2.19. The molecule has 0 bridgehead atoms. The van der Waals surface area contributed by atoms with Crippen molar-refractivity contribution in [2.45, 2.75) is 19.8 Å². The lowest BCUT2D eigenvalue weighted by Gasteiger charge is -2.32. The molecule has 1 aliphatic rings. The Morgan fingerprint density at radius 2 is 2.19 bits per heavy atom. The highest BCUT2D eigenvalue weighted by atomic mass is 32.1. The van der Waals surface area contributed by atoms with E-state index in [2.05, 4.69) is 16.8 Å². The molecule has 1 aromatic rings. The zero-order valence-electron chi connectivity index (χ0n) is 9.52. The topological polar surface area (TPSA) is 42.2 Å². The zero-order chi connectivity index (χ0) is 11.5. The molecule has 2 rings (SSSR count). The van der Waals surface area contributed by atoms with Gasteiger partial charge in [-0.25, -0.2) is 4.98 Å². The largest absolute Gasteiger partial charge is 0.389 e. The van der Waals surface area contributed by atoms with E-state index in [-0.39, 0.29) is 0 Å². The third-order valence-corrected chi connectivity index (χ3v) is 3.36. The number of anilines is 1. The van der Waals surface area contributed by atoms with Crippen LogP contribution in [-0.2, 0) is 0 Å². The summed E-state index contributed by atoms with van der Waals surface area (Å²) in [6.45, 7) is 4.39. The lowest BCUT2D eigenvalue weighted by atomic mass is 9.99. The third kappa shape index (κ3) is 2.32. The fraction of sp³-hybridized carbons (Fsp3) is 0.500. The third-order valence-electron chi connectivity index (χ3n) is 3.14. The van der Waals surface area contributed by atoms with Crippen LogP contribution in [-0.4, -0.2) is 23.1 Å². The van der Waals surface area contributed by atoms with Crippen molar-refractivity contribution in [2.24, 2.45) is 11.7 Å². The number of hydrogen-bond acceptors (Lipinski definition) is 3. The average Bonchev–Trinajstić information content (AvgIpc) is 2.30. The molecule has 0 aromatic carbocycles. The molecule has 86 valence electrons. The van der Waals surface area contributed by atoms with Crippen molar-refractivity contribution < 1.29 is 0 Å². The van der Waals surface area contributed by atoms with Gasteiger partial charge in [-0.3, -0.25) is 0 Å². The van der Waals surface area contributed by atoms with Crippen molar-refractivity contribution in [2.75, 3.05) is 18.0 Å². The van der Waals surface area contributed by atoms with Gasteiger partial charge in [-0.1, -0.05) is 19.1 Å². The maximum atomic E-state index is 5.71. The van der Waals surface area contributed by atoms with Crippen LogP contribution in [0.25, 0.3) is 0 Å². The summed E-state index contributed by atoms with van der Waals surface area (Å²) < 4.78 is 0. The molecular formula is C12H17N3S. The van der Waals surface area contributed by atoms with E-state index < -0.39 is 0 Å². The monoisotopic (exact) mass is 235 g/mol. The Morgan fingerprint density at radius 1 is 1.50 bits per heavy atom. The van der Waals surface area contributed by atoms with Crippen LogP contribution >= 0.6 is 12.2 Å². The van der Waals surface area contributed by atoms with Gasteiger partial charge in [-0.15, -0.1) is 0 Å². The number of thiocarbonyl (C=S) groups is 1. The van der Waals surface area contributed by atoms with Crippen LogP contribution in [0, 0.1) is 5.92 Å². The van der Waals surface area contributed by atoms with Gasteiger partial charge in [0.25, 0.3) is 0 Å². The van der Waals surface area contributed by atoms with Gasteiger partial charge in [0.2, 0.25) is 0 Å². The van der Waals surface area contributed by atoms with Crippen molar-refractivity contribution in [1.29, 1.82) is 0 Å². The summed E-state index contributed by atoms with van der Waals surface area (Å²) in [5, 5.41) is 0. The summed E-state index contributed by atoms with van der Waals surface area (Å²) in [7, 11) is 0. The molecule has 0 radical (unpaired) electrons. The molecule has 4 heteroatoms. The summed E-state index contributed by atoms with van der Waals surface area (Å²) in [5.74, 6) is 1.76. The molecule has 0 saturated carbocycles. The number of piperidine rings is 1. The fourth-order valence-corrected chi connectivity index (χ4v) is 2.22. The van der Waals surface area contributed by atoms with E-state index in [1.54, 1.807) is 6.20 Å². The van der Waals surface area contributed by atoms with Crippen molar-refractivity contribution in [1.82, 2.24) is 4.98 Å². The van der Waals surface area contributed by atoms with Crippen LogP contribution in [0.5, 0.6) is 0 Å². The van der Waals surface area contributed by atoms with Crippen molar-refractivity contribution in [3.63, 3.8) is 0 Å². The number of pyridine rings is 1. The second kappa shape index (κ2) is 4.78. The summed E-state index contributed by atoms with van der Waals surface area (Å²) in [6.07, 6.45) is 4.23. The van der Waals surface area contributed by atoms with Gasteiger partial charge in [0, 0.05) is 19.3 Å². The van der Waals surface area contributed by atoms with Gasteiger partial charge in [-0.05, 0) is 30.9 Å². The van der Waals surface area contributed by atoms with Gasteiger partial charge < -0.3 is 10.6 Å². The Labute approximate surface area is 102 Å². The quantitative estimate of drug-likeness (QED) is 0.796. The Kier molecular flexibility index (Phi) is 3.39. The Bertz CT molecular complexity index is 384. The summed E-state index contributed by atoms with van der Waals surface area (Å²) in [5.41, 5.74) is 6.61. The Morgan fingerprint density at radius 3 is 2.81 bits per heavy atom. The van der Waals surface area contributed by atoms with Crippen LogP contribution in [0.1, 0.15) is 25.3 Å². The van der Waals surface area contributed by atoms with E-state index >= 15 is 0 Å². The van der Waals surface area contributed by atoms with Crippen LogP contribution in [0.2, 0.25) is 0 Å². The van der Waals surface area contributed by atoms with Gasteiger partial charge >= 0.3 is 0 Å². The van der Waals surface area contributed by atoms with Crippen LogP contribution in [0.15, 0.2) is 18.3 Å². The molecule has 2 heterocycles. The molecule has 1 aliphatic heterocycles. The van der Waals surface area contributed by atoms with Gasteiger partial charge in [0.05, 0.1) is 5.56 Å². The van der Waals surface area contributed by atoms with E-state index in [1.165, 1.54) is 12.8 Å². The summed E-state index contributed by atoms with van der Waals surface area (Å²) >= 11 is 5.05. The maximum Gasteiger partial charge on any atom is 0.138 e. The molecule has 1 saturated heterocycles. The van der Waals surface area contributed by atoms with Crippen molar-refractivity contribution >= 4 is 23.0 Å². The highest BCUT2D eigenvalue weighted by molar-refractivity contribution is 7.80. The first-order valence-corrected chi connectivity index (χ1v) is 6.09. The van der Waals surface area contributed by atoms with Gasteiger partial charge in [-0.2, -0.15) is 0 Å².